The highest BCUT2D eigenvalue weighted by Gasteiger charge is 2.27. The van der Waals surface area contributed by atoms with Gasteiger partial charge in [0.15, 0.2) is 0 Å². The molecule has 0 aliphatic heterocycles. The molecule has 1 rings (SSSR count). The smallest absolute Gasteiger partial charge is 0.364 e. The number of ether oxygens (including phenoxy) is 1. The van der Waals surface area contributed by atoms with Gasteiger partial charge in [-0.3, -0.25) is 0 Å². The molecular weight excluding hydrogens is 241 g/mol. The first-order chi connectivity index (χ1) is 7.29. The minimum Gasteiger partial charge on any atom is -0.364 e. The van der Waals surface area contributed by atoms with Crippen molar-refractivity contribution in [3.63, 3.8) is 0 Å². The molecule has 0 spiro atoms. The minimum atomic E-state index is -4.32. The molecule has 0 radical (unpaired) electrons. The second-order valence-electron chi connectivity index (χ2n) is 3.35. The second kappa shape index (κ2) is 4.92. The highest BCUT2D eigenvalue weighted by molar-refractivity contribution is 7.71. The summed E-state index contributed by atoms with van der Waals surface area (Å²) in [5, 5.41) is 0. The Labute approximate surface area is 95.7 Å². The maximum Gasteiger partial charge on any atom is 0.411 e. The summed E-state index contributed by atoms with van der Waals surface area (Å²) in [6.45, 7) is 2.05. The van der Waals surface area contributed by atoms with Crippen LogP contribution >= 0.6 is 12.2 Å². The number of hydrogen-bond donors (Lipinski definition) is 1. The van der Waals surface area contributed by atoms with Gasteiger partial charge in [-0.25, -0.2) is 4.98 Å². The zero-order chi connectivity index (χ0) is 12.3. The van der Waals surface area contributed by atoms with Gasteiger partial charge in [-0.15, -0.1) is 0 Å². The Kier molecular flexibility index (Phi) is 4.03. The molecule has 0 unspecified atom stereocenters. The Balaban J connectivity index is 2.66. The zero-order valence-corrected chi connectivity index (χ0v) is 9.63. The van der Waals surface area contributed by atoms with E-state index in [1.165, 1.54) is 0 Å². The number of nitrogens with one attached hydrogen (secondary N) is 1. The zero-order valence-electron chi connectivity index (χ0n) is 8.81. The van der Waals surface area contributed by atoms with Crippen LogP contribution in [0.4, 0.5) is 13.2 Å². The molecule has 0 aromatic carbocycles. The number of nitrogens with zero attached hydrogens (tertiary/aromatic N) is 1. The van der Waals surface area contributed by atoms with Crippen LogP contribution < -0.4 is 0 Å². The average Bonchev–Trinajstić information content (AvgIpc) is 2.12. The first-order valence-corrected chi connectivity index (χ1v) is 4.91. The van der Waals surface area contributed by atoms with Gasteiger partial charge in [0.05, 0.1) is 0 Å². The summed E-state index contributed by atoms with van der Waals surface area (Å²) in [7, 11) is 0. The number of alkyl halides is 3. The van der Waals surface area contributed by atoms with E-state index in [2.05, 4.69) is 14.7 Å². The van der Waals surface area contributed by atoms with Crippen LogP contribution in [0.25, 0.3) is 0 Å². The summed E-state index contributed by atoms with van der Waals surface area (Å²) in [5.41, 5.74) is 1.60. The Bertz CT molecular complexity index is 428. The molecule has 0 aliphatic rings. The Morgan fingerprint density at radius 3 is 2.50 bits per heavy atom. The summed E-state index contributed by atoms with van der Waals surface area (Å²) in [4.78, 5) is 6.75. The lowest BCUT2D eigenvalue weighted by molar-refractivity contribution is -0.177. The number of aromatic nitrogens is 2. The fraction of sp³-hybridized carbons (Fsp3) is 0.556. The predicted octanol–water partition coefficient (Wildman–Crippen LogP) is 2.83. The molecular formula is C9H11F3N2OS. The van der Waals surface area contributed by atoms with Crippen molar-refractivity contribution in [3.8, 4) is 0 Å². The van der Waals surface area contributed by atoms with E-state index in [0.29, 0.717) is 10.5 Å². The van der Waals surface area contributed by atoms with E-state index in [1.807, 2.05) is 0 Å². The van der Waals surface area contributed by atoms with E-state index in [-0.39, 0.29) is 6.61 Å². The molecule has 0 saturated heterocycles. The molecule has 90 valence electrons. The van der Waals surface area contributed by atoms with E-state index >= 15 is 0 Å². The number of rotatable bonds is 3. The number of H-pyrrole nitrogens is 1. The van der Waals surface area contributed by atoms with Crippen molar-refractivity contribution >= 4 is 12.2 Å². The van der Waals surface area contributed by atoms with E-state index in [9.17, 15) is 13.2 Å². The molecule has 0 aliphatic carbocycles. The molecule has 0 amide bonds. The van der Waals surface area contributed by atoms with Crippen LogP contribution in [0.5, 0.6) is 0 Å². The van der Waals surface area contributed by atoms with Crippen LogP contribution in [0.15, 0.2) is 0 Å². The third kappa shape index (κ3) is 3.90. The van der Waals surface area contributed by atoms with Crippen LogP contribution in [0.2, 0.25) is 0 Å². The van der Waals surface area contributed by atoms with E-state index in [1.54, 1.807) is 13.8 Å². The lowest BCUT2D eigenvalue weighted by atomic mass is 10.3. The first-order valence-electron chi connectivity index (χ1n) is 4.50. The number of aromatic amines is 1. The van der Waals surface area contributed by atoms with Crippen molar-refractivity contribution in [1.82, 2.24) is 9.97 Å². The fourth-order valence-electron chi connectivity index (χ4n) is 1.04. The third-order valence-electron chi connectivity index (χ3n) is 1.96. The van der Waals surface area contributed by atoms with Gasteiger partial charge in [-0.1, -0.05) is 12.2 Å². The normalized spacial score (nSPS) is 11.8. The van der Waals surface area contributed by atoms with Crippen LogP contribution in [-0.4, -0.2) is 22.8 Å². The minimum absolute atomic E-state index is 0.232. The standard InChI is InChI=1S/C9H11F3N2OS/c1-5-6(2)13-7(14-8(5)16)3-15-4-9(10,11)12/h3-4H2,1-2H3,(H,13,14,16). The molecule has 0 fully saturated rings. The lowest BCUT2D eigenvalue weighted by Gasteiger charge is -2.08. The molecule has 0 saturated carbocycles. The second-order valence-corrected chi connectivity index (χ2v) is 3.73. The maximum atomic E-state index is 11.8. The molecule has 1 aromatic heterocycles. The van der Waals surface area contributed by atoms with Crippen LogP contribution in [0.3, 0.4) is 0 Å². The monoisotopic (exact) mass is 252 g/mol. The summed E-state index contributed by atoms with van der Waals surface area (Å²) >= 11 is 4.94. The van der Waals surface area contributed by atoms with Crippen molar-refractivity contribution in [2.24, 2.45) is 0 Å². The Hall–Kier alpha value is -0.950. The summed E-state index contributed by atoms with van der Waals surface area (Å²) < 4.78 is 40.3. The SMILES string of the molecule is Cc1[nH]c(COCC(F)(F)F)nc(=S)c1C. The summed E-state index contributed by atoms with van der Waals surface area (Å²) in [6, 6.07) is 0. The van der Waals surface area contributed by atoms with E-state index in [4.69, 9.17) is 12.2 Å². The Morgan fingerprint density at radius 1 is 1.38 bits per heavy atom. The molecule has 7 heteroatoms. The quantitative estimate of drug-likeness (QED) is 0.840. The molecule has 0 bridgehead atoms. The maximum absolute atomic E-state index is 11.8. The highest BCUT2D eigenvalue weighted by Crippen LogP contribution is 2.15. The number of halogens is 3. The molecule has 1 N–H and O–H groups in total. The first kappa shape index (κ1) is 13.1. The van der Waals surface area contributed by atoms with Gasteiger partial charge in [0, 0.05) is 11.3 Å². The summed E-state index contributed by atoms with van der Waals surface area (Å²) in [5.74, 6) is 0.303. The molecule has 3 nitrogen and oxygen atoms in total. The van der Waals surface area contributed by atoms with Gasteiger partial charge >= 0.3 is 6.18 Å². The van der Waals surface area contributed by atoms with Crippen molar-refractivity contribution < 1.29 is 17.9 Å². The van der Waals surface area contributed by atoms with Gasteiger partial charge in [-0.05, 0) is 13.8 Å². The molecule has 16 heavy (non-hydrogen) atoms. The fourth-order valence-corrected chi connectivity index (χ4v) is 1.30. The third-order valence-corrected chi connectivity index (χ3v) is 2.35. The molecule has 1 heterocycles. The van der Waals surface area contributed by atoms with Crippen LogP contribution in [0, 0.1) is 18.5 Å². The van der Waals surface area contributed by atoms with Crippen molar-refractivity contribution in [2.45, 2.75) is 26.6 Å². The van der Waals surface area contributed by atoms with Crippen molar-refractivity contribution in [3.05, 3.63) is 21.7 Å². The topological polar surface area (TPSA) is 37.9 Å². The van der Waals surface area contributed by atoms with E-state index < -0.39 is 12.8 Å². The van der Waals surface area contributed by atoms with Gasteiger partial charge < -0.3 is 9.72 Å². The Morgan fingerprint density at radius 2 is 2.00 bits per heavy atom. The van der Waals surface area contributed by atoms with Gasteiger partial charge in [0.2, 0.25) is 0 Å². The summed E-state index contributed by atoms with van der Waals surface area (Å²) in [6.07, 6.45) is -4.32. The van der Waals surface area contributed by atoms with Gasteiger partial charge in [0.1, 0.15) is 23.7 Å². The van der Waals surface area contributed by atoms with Crippen LogP contribution in [0.1, 0.15) is 17.1 Å². The number of aryl methyl sites for hydroxylation is 1. The van der Waals surface area contributed by atoms with Crippen molar-refractivity contribution in [2.75, 3.05) is 6.61 Å². The molecule has 1 aromatic rings. The van der Waals surface area contributed by atoms with Gasteiger partial charge in [0.25, 0.3) is 0 Å². The van der Waals surface area contributed by atoms with Crippen molar-refractivity contribution in [1.29, 1.82) is 0 Å². The average molecular weight is 252 g/mol. The molecule has 0 atom stereocenters. The largest absolute Gasteiger partial charge is 0.411 e. The highest BCUT2D eigenvalue weighted by atomic mass is 32.1. The van der Waals surface area contributed by atoms with Crippen LogP contribution in [-0.2, 0) is 11.3 Å². The lowest BCUT2D eigenvalue weighted by Crippen LogP contribution is -2.17. The van der Waals surface area contributed by atoms with E-state index in [0.717, 1.165) is 11.3 Å². The van der Waals surface area contributed by atoms with Gasteiger partial charge in [-0.2, -0.15) is 13.2 Å². The predicted molar refractivity (Wildman–Crippen MR) is 54.6 cm³/mol. The number of hydrogen-bond acceptors (Lipinski definition) is 3.